The number of methoxy groups -OCH3 is 1. The summed E-state index contributed by atoms with van der Waals surface area (Å²) < 4.78 is 5.22. The lowest BCUT2D eigenvalue weighted by Crippen LogP contribution is -2.41. The highest BCUT2D eigenvalue weighted by molar-refractivity contribution is 6.30. The summed E-state index contributed by atoms with van der Waals surface area (Å²) in [5, 5.41) is 3.54. The number of piperidine rings is 1. The van der Waals surface area contributed by atoms with E-state index in [9.17, 15) is 4.79 Å². The number of nitrogens with zero attached hydrogens (tertiary/aromatic N) is 3. The van der Waals surface area contributed by atoms with Crippen LogP contribution in [0.1, 0.15) is 18.5 Å². The van der Waals surface area contributed by atoms with Gasteiger partial charge in [-0.1, -0.05) is 17.7 Å². The van der Waals surface area contributed by atoms with Crippen LogP contribution in [0.3, 0.4) is 0 Å². The summed E-state index contributed by atoms with van der Waals surface area (Å²) in [7, 11) is 1.59. The van der Waals surface area contributed by atoms with Gasteiger partial charge in [0.15, 0.2) is 0 Å². The minimum atomic E-state index is -0.122. The van der Waals surface area contributed by atoms with Crippen LogP contribution in [0.4, 0.5) is 11.6 Å². The molecule has 6 nitrogen and oxygen atoms in total. The number of aryl methyl sites for hydroxylation is 1. The number of amides is 1. The van der Waals surface area contributed by atoms with Gasteiger partial charge in [-0.25, -0.2) is 4.98 Å². The molecule has 1 atom stereocenters. The van der Waals surface area contributed by atoms with Crippen molar-refractivity contribution in [1.82, 2.24) is 9.97 Å². The number of halogens is 1. The molecular formula is C18H21ClN4O2. The largest absolute Gasteiger partial charge is 0.481 e. The summed E-state index contributed by atoms with van der Waals surface area (Å²) in [6.07, 6.45) is 1.75. The van der Waals surface area contributed by atoms with Crippen LogP contribution in [0.2, 0.25) is 5.02 Å². The Hall–Kier alpha value is -2.34. The topological polar surface area (TPSA) is 67.3 Å². The van der Waals surface area contributed by atoms with E-state index in [0.717, 1.165) is 25.1 Å². The summed E-state index contributed by atoms with van der Waals surface area (Å²) in [5.74, 6) is 1.01. The maximum Gasteiger partial charge on any atom is 0.229 e. The lowest BCUT2D eigenvalue weighted by molar-refractivity contribution is -0.120. The zero-order valence-corrected chi connectivity index (χ0v) is 15.1. The van der Waals surface area contributed by atoms with Crippen LogP contribution >= 0.6 is 11.6 Å². The highest BCUT2D eigenvalue weighted by atomic mass is 35.5. The molecule has 7 heteroatoms. The van der Waals surface area contributed by atoms with E-state index in [2.05, 4.69) is 15.3 Å². The number of hydrogen-bond acceptors (Lipinski definition) is 5. The van der Waals surface area contributed by atoms with Crippen molar-refractivity contribution in [3.8, 4) is 5.88 Å². The smallest absolute Gasteiger partial charge is 0.229 e. The number of carbonyl (C=O) groups is 1. The zero-order valence-electron chi connectivity index (χ0n) is 14.3. The Morgan fingerprint density at radius 2 is 2.20 bits per heavy atom. The van der Waals surface area contributed by atoms with Gasteiger partial charge in [-0.3, -0.25) is 4.79 Å². The molecule has 3 rings (SSSR count). The van der Waals surface area contributed by atoms with Crippen LogP contribution in [0, 0.1) is 12.8 Å². The molecule has 1 aromatic carbocycles. The second kappa shape index (κ2) is 7.70. The molecule has 1 aliphatic rings. The molecule has 1 amide bonds. The van der Waals surface area contributed by atoms with E-state index in [4.69, 9.17) is 16.3 Å². The van der Waals surface area contributed by atoms with Crippen LogP contribution in [0.5, 0.6) is 5.88 Å². The third-order valence-corrected chi connectivity index (χ3v) is 4.43. The van der Waals surface area contributed by atoms with Gasteiger partial charge in [0.25, 0.3) is 0 Å². The summed E-state index contributed by atoms with van der Waals surface area (Å²) >= 11 is 5.97. The number of ether oxygens (including phenoxy) is 1. The Morgan fingerprint density at radius 3 is 2.96 bits per heavy atom. The minimum Gasteiger partial charge on any atom is -0.481 e. The second-order valence-corrected chi connectivity index (χ2v) is 6.57. The van der Waals surface area contributed by atoms with E-state index >= 15 is 0 Å². The predicted molar refractivity (Wildman–Crippen MR) is 98.3 cm³/mol. The molecular weight excluding hydrogens is 340 g/mol. The molecule has 1 fully saturated rings. The first-order chi connectivity index (χ1) is 12.0. The summed E-state index contributed by atoms with van der Waals surface area (Å²) in [4.78, 5) is 23.5. The minimum absolute atomic E-state index is 0.00779. The van der Waals surface area contributed by atoms with Crippen LogP contribution in [-0.4, -0.2) is 36.1 Å². The fourth-order valence-corrected chi connectivity index (χ4v) is 3.14. The van der Waals surface area contributed by atoms with Crippen LogP contribution in [-0.2, 0) is 4.79 Å². The van der Waals surface area contributed by atoms with E-state index in [0.29, 0.717) is 29.1 Å². The van der Waals surface area contributed by atoms with Crippen LogP contribution in [0.25, 0.3) is 0 Å². The van der Waals surface area contributed by atoms with E-state index in [1.807, 2.05) is 24.0 Å². The normalized spacial score (nSPS) is 17.2. The van der Waals surface area contributed by atoms with Gasteiger partial charge in [0.05, 0.1) is 13.0 Å². The number of rotatable bonds is 4. The molecule has 1 saturated heterocycles. The van der Waals surface area contributed by atoms with Gasteiger partial charge in [-0.2, -0.15) is 4.98 Å². The SMILES string of the molecule is COc1cc(C)nc(N2CCC[C@@H](C(=O)Nc3cccc(Cl)c3)C2)n1. The number of nitrogens with one attached hydrogen (secondary N) is 1. The van der Waals surface area contributed by atoms with Crippen molar-refractivity contribution in [3.05, 3.63) is 41.0 Å². The summed E-state index contributed by atoms with van der Waals surface area (Å²) in [6, 6.07) is 8.96. The number of benzene rings is 1. The third-order valence-electron chi connectivity index (χ3n) is 4.20. The maximum atomic E-state index is 12.6. The van der Waals surface area contributed by atoms with Gasteiger partial charge >= 0.3 is 0 Å². The van der Waals surface area contributed by atoms with E-state index < -0.39 is 0 Å². The molecule has 1 aliphatic heterocycles. The molecule has 132 valence electrons. The zero-order chi connectivity index (χ0) is 17.8. The monoisotopic (exact) mass is 360 g/mol. The van der Waals surface area contributed by atoms with E-state index in [1.54, 1.807) is 25.3 Å². The fraction of sp³-hybridized carbons (Fsp3) is 0.389. The van der Waals surface area contributed by atoms with Gasteiger partial charge in [-0.05, 0) is 38.0 Å². The van der Waals surface area contributed by atoms with Crippen molar-refractivity contribution in [2.75, 3.05) is 30.4 Å². The lowest BCUT2D eigenvalue weighted by Gasteiger charge is -2.32. The number of anilines is 2. The van der Waals surface area contributed by atoms with Crippen LogP contribution in [0.15, 0.2) is 30.3 Å². The quantitative estimate of drug-likeness (QED) is 0.906. The molecule has 0 radical (unpaired) electrons. The molecule has 0 saturated carbocycles. The average Bonchev–Trinajstić information content (AvgIpc) is 2.61. The van der Waals surface area contributed by atoms with Gasteiger partial charge in [0.1, 0.15) is 0 Å². The summed E-state index contributed by atoms with van der Waals surface area (Å²) in [6.45, 7) is 3.31. The number of hydrogen-bond donors (Lipinski definition) is 1. The van der Waals surface area contributed by atoms with Crippen molar-refractivity contribution in [2.24, 2.45) is 5.92 Å². The Balaban J connectivity index is 1.70. The maximum absolute atomic E-state index is 12.6. The first-order valence-electron chi connectivity index (χ1n) is 8.26. The molecule has 0 unspecified atom stereocenters. The first kappa shape index (κ1) is 17.5. The van der Waals surface area contributed by atoms with Crippen LogP contribution < -0.4 is 15.0 Å². The number of carbonyl (C=O) groups excluding carboxylic acids is 1. The highest BCUT2D eigenvalue weighted by Crippen LogP contribution is 2.24. The van der Waals surface area contributed by atoms with Crippen molar-refractivity contribution < 1.29 is 9.53 Å². The predicted octanol–water partition coefficient (Wildman–Crippen LogP) is 3.30. The molecule has 2 aromatic rings. The van der Waals surface area contributed by atoms with E-state index in [-0.39, 0.29) is 11.8 Å². The Bertz CT molecular complexity index is 768. The lowest BCUT2D eigenvalue weighted by atomic mass is 9.97. The molecule has 0 aliphatic carbocycles. The van der Waals surface area contributed by atoms with Gasteiger partial charge < -0.3 is 15.0 Å². The van der Waals surface area contributed by atoms with Crippen molar-refractivity contribution in [3.63, 3.8) is 0 Å². The third kappa shape index (κ3) is 4.39. The first-order valence-corrected chi connectivity index (χ1v) is 8.64. The molecule has 2 heterocycles. The Morgan fingerprint density at radius 1 is 1.36 bits per heavy atom. The Labute approximate surface area is 152 Å². The van der Waals surface area contributed by atoms with Crippen molar-refractivity contribution in [2.45, 2.75) is 19.8 Å². The molecule has 0 bridgehead atoms. The average molecular weight is 361 g/mol. The van der Waals surface area contributed by atoms with Crippen molar-refractivity contribution >= 4 is 29.1 Å². The van der Waals surface area contributed by atoms with E-state index in [1.165, 1.54) is 0 Å². The van der Waals surface area contributed by atoms with Gasteiger partial charge in [0, 0.05) is 35.6 Å². The molecule has 25 heavy (non-hydrogen) atoms. The molecule has 0 spiro atoms. The molecule has 1 N–H and O–H groups in total. The fourth-order valence-electron chi connectivity index (χ4n) is 2.95. The Kier molecular flexibility index (Phi) is 5.38. The van der Waals surface area contributed by atoms with Gasteiger partial charge in [-0.15, -0.1) is 0 Å². The standard InChI is InChI=1S/C18H21ClN4O2/c1-12-9-16(25-2)22-18(20-12)23-8-4-5-13(11-23)17(24)21-15-7-3-6-14(19)10-15/h3,6-7,9-10,13H,4-5,8,11H2,1-2H3,(H,21,24)/t13-/m1/s1. The summed E-state index contributed by atoms with van der Waals surface area (Å²) in [5.41, 5.74) is 1.55. The van der Waals surface area contributed by atoms with Crippen molar-refractivity contribution in [1.29, 1.82) is 0 Å². The number of aromatic nitrogens is 2. The second-order valence-electron chi connectivity index (χ2n) is 6.14. The van der Waals surface area contributed by atoms with Gasteiger partial charge in [0.2, 0.25) is 17.7 Å². The molecule has 1 aromatic heterocycles. The highest BCUT2D eigenvalue weighted by Gasteiger charge is 2.27.